The summed E-state index contributed by atoms with van der Waals surface area (Å²) < 4.78 is 26.5. The molecule has 0 spiro atoms. The first kappa shape index (κ1) is 19.9. The summed E-state index contributed by atoms with van der Waals surface area (Å²) in [5.41, 5.74) is 1.19. The van der Waals surface area contributed by atoms with Crippen LogP contribution in [0.4, 0.5) is 5.69 Å². The molecule has 0 aliphatic rings. The monoisotopic (exact) mass is 372 g/mol. The van der Waals surface area contributed by atoms with Crippen molar-refractivity contribution < 1.29 is 13.2 Å². The highest BCUT2D eigenvalue weighted by Crippen LogP contribution is 2.20. The zero-order valence-corrected chi connectivity index (χ0v) is 15.9. The summed E-state index contributed by atoms with van der Waals surface area (Å²) in [7, 11) is -3.53. The van der Waals surface area contributed by atoms with Gasteiger partial charge in [0.15, 0.2) is 0 Å². The van der Waals surface area contributed by atoms with Crippen molar-refractivity contribution >= 4 is 21.6 Å². The summed E-state index contributed by atoms with van der Waals surface area (Å²) in [4.78, 5) is 14.6. The van der Waals surface area contributed by atoms with E-state index in [2.05, 4.69) is 6.58 Å². The zero-order chi connectivity index (χ0) is 19.2. The van der Waals surface area contributed by atoms with Gasteiger partial charge in [0.2, 0.25) is 10.0 Å². The van der Waals surface area contributed by atoms with Crippen molar-refractivity contribution in [2.75, 3.05) is 24.5 Å². The predicted molar refractivity (Wildman–Crippen MR) is 105 cm³/mol. The second-order valence-electron chi connectivity index (χ2n) is 5.65. The SMILES string of the molecule is C=CCN(C(=O)c1ccc(S(=O)(=O)N(CC)CC)cc1)c1ccccc1. The van der Waals surface area contributed by atoms with Gasteiger partial charge < -0.3 is 4.90 Å². The van der Waals surface area contributed by atoms with E-state index in [-0.39, 0.29) is 10.8 Å². The molecule has 0 heterocycles. The Morgan fingerprint density at radius 3 is 2.08 bits per heavy atom. The summed E-state index contributed by atoms with van der Waals surface area (Å²) in [5.74, 6) is -0.206. The molecule has 6 heteroatoms. The average molecular weight is 372 g/mol. The normalized spacial score (nSPS) is 11.3. The third-order valence-corrected chi connectivity index (χ3v) is 6.13. The molecule has 0 saturated carbocycles. The van der Waals surface area contributed by atoms with Gasteiger partial charge in [0.25, 0.3) is 5.91 Å². The van der Waals surface area contributed by atoms with E-state index in [4.69, 9.17) is 0 Å². The van der Waals surface area contributed by atoms with E-state index in [0.717, 1.165) is 5.69 Å². The number of sulfonamides is 1. The van der Waals surface area contributed by atoms with Gasteiger partial charge in [0, 0.05) is 30.9 Å². The number of rotatable bonds is 8. The lowest BCUT2D eigenvalue weighted by atomic mass is 10.2. The highest BCUT2D eigenvalue weighted by Gasteiger charge is 2.22. The van der Waals surface area contributed by atoms with Crippen molar-refractivity contribution in [1.29, 1.82) is 0 Å². The number of hydrogen-bond acceptors (Lipinski definition) is 3. The molecule has 0 N–H and O–H groups in total. The average Bonchev–Trinajstić information content (AvgIpc) is 2.67. The Labute approximate surface area is 155 Å². The summed E-state index contributed by atoms with van der Waals surface area (Å²) in [6, 6.07) is 15.4. The molecule has 0 unspecified atom stereocenters. The van der Waals surface area contributed by atoms with Gasteiger partial charge >= 0.3 is 0 Å². The Morgan fingerprint density at radius 2 is 1.58 bits per heavy atom. The predicted octanol–water partition coefficient (Wildman–Crippen LogP) is 3.55. The van der Waals surface area contributed by atoms with E-state index < -0.39 is 10.0 Å². The zero-order valence-electron chi connectivity index (χ0n) is 15.1. The number of amides is 1. The third-order valence-electron chi connectivity index (χ3n) is 4.07. The second-order valence-corrected chi connectivity index (χ2v) is 7.59. The first-order valence-electron chi connectivity index (χ1n) is 8.53. The van der Waals surface area contributed by atoms with Crippen LogP contribution >= 0.6 is 0 Å². The summed E-state index contributed by atoms with van der Waals surface area (Å²) in [6.07, 6.45) is 1.66. The first-order chi connectivity index (χ1) is 12.5. The molecule has 2 aromatic rings. The molecule has 2 aromatic carbocycles. The number of nitrogens with zero attached hydrogens (tertiary/aromatic N) is 2. The summed E-state index contributed by atoms with van der Waals surface area (Å²) in [5, 5.41) is 0. The molecule has 0 atom stereocenters. The molecule has 0 radical (unpaired) electrons. The largest absolute Gasteiger partial charge is 0.305 e. The van der Waals surface area contributed by atoms with Crippen LogP contribution in [-0.4, -0.2) is 38.3 Å². The van der Waals surface area contributed by atoms with Crippen LogP contribution in [-0.2, 0) is 10.0 Å². The lowest BCUT2D eigenvalue weighted by Gasteiger charge is -2.22. The van der Waals surface area contributed by atoms with E-state index in [9.17, 15) is 13.2 Å². The second kappa shape index (κ2) is 8.78. The number of carbonyl (C=O) groups excluding carboxylic acids is 1. The molecule has 0 bridgehead atoms. The third kappa shape index (κ3) is 4.20. The maximum absolute atomic E-state index is 12.9. The number of benzene rings is 2. The molecule has 26 heavy (non-hydrogen) atoms. The fourth-order valence-corrected chi connectivity index (χ4v) is 4.14. The Balaban J connectivity index is 2.31. The molecule has 1 amide bonds. The molecule has 0 aliphatic heterocycles. The minimum absolute atomic E-state index is 0.188. The van der Waals surface area contributed by atoms with Crippen LogP contribution in [0.25, 0.3) is 0 Å². The number of hydrogen-bond donors (Lipinski definition) is 0. The van der Waals surface area contributed by atoms with Gasteiger partial charge in [-0.25, -0.2) is 8.42 Å². The fraction of sp³-hybridized carbons (Fsp3) is 0.250. The fourth-order valence-electron chi connectivity index (χ4n) is 2.68. The molecule has 5 nitrogen and oxygen atoms in total. The van der Waals surface area contributed by atoms with Crippen molar-refractivity contribution in [3.63, 3.8) is 0 Å². The number of para-hydroxylation sites is 1. The van der Waals surface area contributed by atoms with E-state index in [1.807, 2.05) is 30.3 Å². The molecule has 0 saturated heterocycles. The molecule has 138 valence electrons. The van der Waals surface area contributed by atoms with Crippen LogP contribution in [0.5, 0.6) is 0 Å². The first-order valence-corrected chi connectivity index (χ1v) is 9.97. The van der Waals surface area contributed by atoms with Gasteiger partial charge in [-0.05, 0) is 36.4 Å². The van der Waals surface area contributed by atoms with Gasteiger partial charge in [-0.1, -0.05) is 38.1 Å². The van der Waals surface area contributed by atoms with Gasteiger partial charge in [0.05, 0.1) is 4.90 Å². The minimum Gasteiger partial charge on any atom is -0.305 e. The minimum atomic E-state index is -3.53. The van der Waals surface area contributed by atoms with Crippen LogP contribution in [0.1, 0.15) is 24.2 Å². The number of carbonyl (C=O) groups is 1. The van der Waals surface area contributed by atoms with E-state index in [1.165, 1.54) is 16.4 Å². The molecular weight excluding hydrogens is 348 g/mol. The summed E-state index contributed by atoms with van der Waals surface area (Å²) >= 11 is 0. The van der Waals surface area contributed by atoms with Crippen molar-refractivity contribution in [1.82, 2.24) is 4.31 Å². The van der Waals surface area contributed by atoms with Gasteiger partial charge in [-0.2, -0.15) is 4.31 Å². The lowest BCUT2D eigenvalue weighted by molar-refractivity contribution is 0.0989. The van der Waals surface area contributed by atoms with Crippen LogP contribution in [0.3, 0.4) is 0 Å². The van der Waals surface area contributed by atoms with Crippen LogP contribution in [0, 0.1) is 0 Å². The number of anilines is 1. The molecule has 0 fully saturated rings. The van der Waals surface area contributed by atoms with Crippen LogP contribution in [0.15, 0.2) is 72.1 Å². The topological polar surface area (TPSA) is 57.7 Å². The molecule has 0 aromatic heterocycles. The van der Waals surface area contributed by atoms with Crippen LogP contribution < -0.4 is 4.90 Å². The maximum Gasteiger partial charge on any atom is 0.258 e. The maximum atomic E-state index is 12.9. The molecule has 0 aliphatic carbocycles. The molecular formula is C20H24N2O3S. The Hall–Kier alpha value is -2.44. The summed E-state index contributed by atoms with van der Waals surface area (Å²) in [6.45, 7) is 8.47. The Bertz CT molecular complexity index is 842. The highest BCUT2D eigenvalue weighted by molar-refractivity contribution is 7.89. The van der Waals surface area contributed by atoms with Crippen molar-refractivity contribution in [3.05, 3.63) is 72.8 Å². The van der Waals surface area contributed by atoms with Gasteiger partial charge in [-0.3, -0.25) is 4.79 Å². The van der Waals surface area contributed by atoms with E-state index in [1.54, 1.807) is 37.0 Å². The smallest absolute Gasteiger partial charge is 0.258 e. The highest BCUT2D eigenvalue weighted by atomic mass is 32.2. The van der Waals surface area contributed by atoms with Crippen molar-refractivity contribution in [2.24, 2.45) is 0 Å². The van der Waals surface area contributed by atoms with Crippen molar-refractivity contribution in [2.45, 2.75) is 18.7 Å². The van der Waals surface area contributed by atoms with Crippen molar-refractivity contribution in [3.8, 4) is 0 Å². The van der Waals surface area contributed by atoms with Crippen LogP contribution in [0.2, 0.25) is 0 Å². The molecule has 2 rings (SSSR count). The Morgan fingerprint density at radius 1 is 1.00 bits per heavy atom. The lowest BCUT2D eigenvalue weighted by Crippen LogP contribution is -2.32. The standard InChI is InChI=1S/C20H24N2O3S/c1-4-16-22(18-10-8-7-9-11-18)20(23)17-12-14-19(15-13-17)26(24,25)21(5-2)6-3/h4,7-15H,1,5-6,16H2,2-3H3. The van der Waals surface area contributed by atoms with E-state index >= 15 is 0 Å². The van der Waals surface area contributed by atoms with E-state index in [0.29, 0.717) is 25.2 Å². The quantitative estimate of drug-likeness (QED) is 0.666. The Kier molecular flexibility index (Phi) is 6.71. The van der Waals surface area contributed by atoms with Gasteiger partial charge in [-0.15, -0.1) is 6.58 Å². The van der Waals surface area contributed by atoms with Gasteiger partial charge in [0.1, 0.15) is 0 Å².